The lowest BCUT2D eigenvalue weighted by Gasteiger charge is -2.28. The largest absolute Gasteiger partial charge is 0.350 e. The molecule has 3 unspecified atom stereocenters. The van der Waals surface area contributed by atoms with Crippen molar-refractivity contribution in [1.29, 1.82) is 0 Å². The van der Waals surface area contributed by atoms with Crippen LogP contribution in [0, 0.1) is 11.8 Å². The second kappa shape index (κ2) is 4.58. The van der Waals surface area contributed by atoms with Crippen LogP contribution < -0.4 is 10.6 Å². The number of hydrogen-bond donors (Lipinski definition) is 2. The van der Waals surface area contributed by atoms with Crippen LogP contribution in [-0.2, 0) is 4.79 Å². The molecule has 2 rings (SSSR count). The number of rotatable bonds is 2. The summed E-state index contributed by atoms with van der Waals surface area (Å²) in [6.45, 7) is 12.5. The molecule has 0 aromatic rings. The van der Waals surface area contributed by atoms with E-state index in [1.807, 2.05) is 27.7 Å². The second-order valence-corrected chi connectivity index (χ2v) is 6.55. The highest BCUT2D eigenvalue weighted by atomic mass is 16.2. The van der Waals surface area contributed by atoms with E-state index in [0.717, 1.165) is 38.0 Å². The summed E-state index contributed by atoms with van der Waals surface area (Å²) in [6.07, 6.45) is 0. The molecule has 2 fully saturated rings. The van der Waals surface area contributed by atoms with Gasteiger partial charge in [-0.2, -0.15) is 0 Å². The van der Waals surface area contributed by atoms with Crippen molar-refractivity contribution in [3.8, 4) is 0 Å². The molecule has 0 radical (unpaired) electrons. The number of hydrogen-bond acceptors (Lipinski definition) is 3. The Labute approximate surface area is 104 Å². The average molecular weight is 239 g/mol. The summed E-state index contributed by atoms with van der Waals surface area (Å²) >= 11 is 0. The molecule has 0 bridgehead atoms. The number of likely N-dealkylation sites (tertiary alicyclic amines) is 1. The summed E-state index contributed by atoms with van der Waals surface area (Å²) < 4.78 is 0. The van der Waals surface area contributed by atoms with E-state index in [-0.39, 0.29) is 17.5 Å². The third-order valence-corrected chi connectivity index (χ3v) is 3.84. The molecule has 4 nitrogen and oxygen atoms in total. The predicted molar refractivity (Wildman–Crippen MR) is 68.8 cm³/mol. The van der Waals surface area contributed by atoms with E-state index in [4.69, 9.17) is 0 Å². The van der Waals surface area contributed by atoms with Gasteiger partial charge in [0.25, 0.3) is 0 Å². The van der Waals surface area contributed by atoms with Crippen LogP contribution >= 0.6 is 0 Å². The zero-order chi connectivity index (χ0) is 12.6. The summed E-state index contributed by atoms with van der Waals surface area (Å²) in [5, 5.41) is 6.49. The normalized spacial score (nSPS) is 31.3. The maximum absolute atomic E-state index is 12.1. The summed E-state index contributed by atoms with van der Waals surface area (Å²) in [6, 6.07) is -0.000162. The Morgan fingerprint density at radius 2 is 1.82 bits per heavy atom. The first-order valence-corrected chi connectivity index (χ1v) is 6.63. The van der Waals surface area contributed by atoms with Crippen LogP contribution in [0.4, 0.5) is 0 Å². The van der Waals surface area contributed by atoms with E-state index in [1.165, 1.54) is 0 Å². The molecule has 0 saturated carbocycles. The van der Waals surface area contributed by atoms with Gasteiger partial charge in [0.2, 0.25) is 5.91 Å². The number of nitrogens with one attached hydrogen (secondary N) is 2. The van der Waals surface area contributed by atoms with Crippen LogP contribution in [-0.4, -0.2) is 48.6 Å². The van der Waals surface area contributed by atoms with Gasteiger partial charge in [-0.15, -0.1) is 0 Å². The van der Waals surface area contributed by atoms with Gasteiger partial charge in [0.05, 0.1) is 6.04 Å². The maximum Gasteiger partial charge on any atom is 0.237 e. The molecule has 2 saturated heterocycles. The zero-order valence-electron chi connectivity index (χ0n) is 11.4. The van der Waals surface area contributed by atoms with E-state index >= 15 is 0 Å². The van der Waals surface area contributed by atoms with Crippen LogP contribution in [0.15, 0.2) is 0 Å². The first-order chi connectivity index (χ1) is 7.87. The Balaban J connectivity index is 1.88. The molecule has 2 heterocycles. The summed E-state index contributed by atoms with van der Waals surface area (Å²) in [5.41, 5.74) is -0.136. The third-order valence-electron chi connectivity index (χ3n) is 3.84. The van der Waals surface area contributed by atoms with Gasteiger partial charge in [-0.1, -0.05) is 0 Å². The third kappa shape index (κ3) is 2.99. The van der Waals surface area contributed by atoms with E-state index in [9.17, 15) is 4.79 Å². The molecule has 17 heavy (non-hydrogen) atoms. The van der Waals surface area contributed by atoms with Crippen LogP contribution in [0.25, 0.3) is 0 Å². The highest BCUT2D eigenvalue weighted by Crippen LogP contribution is 2.27. The first-order valence-electron chi connectivity index (χ1n) is 6.63. The average Bonchev–Trinajstić information content (AvgIpc) is 2.72. The van der Waals surface area contributed by atoms with Gasteiger partial charge >= 0.3 is 0 Å². The molecule has 0 spiro atoms. The molecule has 2 aliphatic rings. The van der Waals surface area contributed by atoms with E-state index < -0.39 is 0 Å². The van der Waals surface area contributed by atoms with E-state index in [1.54, 1.807) is 0 Å². The van der Waals surface area contributed by atoms with Gasteiger partial charge in [0.1, 0.15) is 0 Å². The van der Waals surface area contributed by atoms with Gasteiger partial charge in [-0.05, 0) is 52.6 Å². The molecule has 0 aromatic heterocycles. The Bertz CT molecular complexity index is 286. The van der Waals surface area contributed by atoms with E-state index in [2.05, 4.69) is 15.5 Å². The first kappa shape index (κ1) is 12.8. The van der Waals surface area contributed by atoms with Gasteiger partial charge in [-0.25, -0.2) is 0 Å². The fraction of sp³-hybridized carbons (Fsp3) is 0.923. The van der Waals surface area contributed by atoms with Crippen molar-refractivity contribution in [1.82, 2.24) is 15.5 Å². The van der Waals surface area contributed by atoms with Crippen LogP contribution in [0.2, 0.25) is 0 Å². The van der Waals surface area contributed by atoms with Gasteiger partial charge in [0.15, 0.2) is 0 Å². The molecule has 98 valence electrons. The fourth-order valence-corrected chi connectivity index (χ4v) is 2.85. The minimum absolute atomic E-state index is 0.000162. The number of carbonyl (C=O) groups is 1. The lowest BCUT2D eigenvalue weighted by Crippen LogP contribution is -2.50. The quantitative estimate of drug-likeness (QED) is 0.735. The molecule has 3 atom stereocenters. The Morgan fingerprint density at radius 1 is 1.29 bits per heavy atom. The monoisotopic (exact) mass is 239 g/mol. The highest BCUT2D eigenvalue weighted by Gasteiger charge is 2.39. The molecule has 0 aromatic carbocycles. The van der Waals surface area contributed by atoms with Crippen molar-refractivity contribution in [3.63, 3.8) is 0 Å². The molecular formula is C13H25N3O. The van der Waals surface area contributed by atoms with Gasteiger partial charge in [-0.3, -0.25) is 9.69 Å². The lowest BCUT2D eigenvalue weighted by molar-refractivity contribution is -0.127. The van der Waals surface area contributed by atoms with Crippen LogP contribution in [0.3, 0.4) is 0 Å². The lowest BCUT2D eigenvalue weighted by atomic mass is 10.0. The minimum atomic E-state index is -0.136. The number of carbonyl (C=O) groups excluding carboxylic acids is 1. The molecule has 4 heteroatoms. The van der Waals surface area contributed by atoms with Crippen LogP contribution in [0.5, 0.6) is 0 Å². The highest BCUT2D eigenvalue weighted by molar-refractivity contribution is 5.82. The van der Waals surface area contributed by atoms with Crippen molar-refractivity contribution in [2.45, 2.75) is 39.3 Å². The fourth-order valence-electron chi connectivity index (χ4n) is 2.85. The van der Waals surface area contributed by atoms with Crippen molar-refractivity contribution in [2.75, 3.05) is 26.2 Å². The Hall–Kier alpha value is -0.610. The van der Waals surface area contributed by atoms with Crippen molar-refractivity contribution >= 4 is 5.91 Å². The summed E-state index contributed by atoms with van der Waals surface area (Å²) in [7, 11) is 0. The van der Waals surface area contributed by atoms with Crippen molar-refractivity contribution in [2.24, 2.45) is 11.8 Å². The molecular weight excluding hydrogens is 214 g/mol. The number of amides is 1. The summed E-state index contributed by atoms with van der Waals surface area (Å²) in [4.78, 5) is 14.4. The standard InChI is InChI=1S/C13H25N3O/c1-9(12(17)15-13(2,3)4)16-7-10-5-14-6-11(10)8-16/h9-11,14H,5-8H2,1-4H3,(H,15,17). The maximum atomic E-state index is 12.1. The number of nitrogens with zero attached hydrogens (tertiary/aromatic N) is 1. The smallest absolute Gasteiger partial charge is 0.237 e. The molecule has 2 aliphatic heterocycles. The molecule has 0 aliphatic carbocycles. The topological polar surface area (TPSA) is 44.4 Å². The van der Waals surface area contributed by atoms with E-state index in [0.29, 0.717) is 0 Å². The Morgan fingerprint density at radius 3 is 2.29 bits per heavy atom. The summed E-state index contributed by atoms with van der Waals surface area (Å²) in [5.74, 6) is 1.66. The van der Waals surface area contributed by atoms with Gasteiger partial charge < -0.3 is 10.6 Å². The van der Waals surface area contributed by atoms with Crippen molar-refractivity contribution in [3.05, 3.63) is 0 Å². The molecule has 2 N–H and O–H groups in total. The molecule has 1 amide bonds. The minimum Gasteiger partial charge on any atom is -0.350 e. The SMILES string of the molecule is CC(C(=O)NC(C)(C)C)N1CC2CNCC2C1. The van der Waals surface area contributed by atoms with Crippen LogP contribution in [0.1, 0.15) is 27.7 Å². The van der Waals surface area contributed by atoms with Gasteiger partial charge in [0, 0.05) is 18.6 Å². The zero-order valence-corrected chi connectivity index (χ0v) is 11.4. The predicted octanol–water partition coefficient (Wildman–Crippen LogP) is 0.441. The Kier molecular flexibility index (Phi) is 3.46. The van der Waals surface area contributed by atoms with Crippen molar-refractivity contribution < 1.29 is 4.79 Å². The second-order valence-electron chi connectivity index (χ2n) is 6.55. The number of fused-ring (bicyclic) bond motifs is 1.